The van der Waals surface area contributed by atoms with Crippen LogP contribution in [-0.2, 0) is 17.9 Å². The third-order valence-corrected chi connectivity index (χ3v) is 3.87. The summed E-state index contributed by atoms with van der Waals surface area (Å²) < 4.78 is 3.89. The number of hydrogen-bond donors (Lipinski definition) is 1. The van der Waals surface area contributed by atoms with Crippen LogP contribution in [0.5, 0.6) is 0 Å². The Morgan fingerprint density at radius 1 is 1.38 bits per heavy atom. The smallest absolute Gasteiger partial charge is 0.313 e. The molecule has 2 rings (SSSR count). The highest BCUT2D eigenvalue weighted by atomic mass is 32.2. The molecule has 21 heavy (non-hydrogen) atoms. The van der Waals surface area contributed by atoms with E-state index in [1.165, 1.54) is 11.8 Å². The first kappa shape index (κ1) is 15.6. The first-order valence-electron chi connectivity index (χ1n) is 6.83. The number of nitrogens with zero attached hydrogens (tertiary/aromatic N) is 5. The van der Waals surface area contributed by atoms with Crippen LogP contribution in [0.2, 0.25) is 0 Å². The number of carboxylic acids is 1. The Balaban J connectivity index is 2.03. The zero-order valence-electron chi connectivity index (χ0n) is 12.1. The lowest BCUT2D eigenvalue weighted by atomic mass is 10.2. The van der Waals surface area contributed by atoms with E-state index in [4.69, 9.17) is 5.11 Å². The van der Waals surface area contributed by atoms with Gasteiger partial charge >= 0.3 is 5.97 Å². The van der Waals surface area contributed by atoms with Gasteiger partial charge in [0.25, 0.3) is 0 Å². The predicted octanol–water partition coefficient (Wildman–Crippen LogP) is 1.87. The van der Waals surface area contributed by atoms with Gasteiger partial charge in [-0.3, -0.25) is 9.48 Å². The Bertz CT molecular complexity index is 579. The molecule has 0 atom stereocenters. The molecule has 0 saturated carbocycles. The molecule has 0 radical (unpaired) electrons. The molecule has 0 bridgehead atoms. The molecule has 0 spiro atoms. The van der Waals surface area contributed by atoms with E-state index in [1.807, 2.05) is 21.5 Å². The minimum absolute atomic E-state index is 0.00458. The molecule has 7 nitrogen and oxygen atoms in total. The van der Waals surface area contributed by atoms with Crippen LogP contribution in [0, 0.1) is 0 Å². The number of aliphatic carboxylic acids is 1. The molecule has 0 aliphatic heterocycles. The average Bonchev–Trinajstić information content (AvgIpc) is 3.05. The van der Waals surface area contributed by atoms with Crippen LogP contribution >= 0.6 is 11.8 Å². The van der Waals surface area contributed by atoms with Crippen molar-refractivity contribution in [3.63, 3.8) is 0 Å². The number of aromatic nitrogens is 5. The molecule has 0 aromatic carbocycles. The van der Waals surface area contributed by atoms with Crippen molar-refractivity contribution in [2.24, 2.45) is 0 Å². The Hall–Kier alpha value is -1.83. The van der Waals surface area contributed by atoms with Crippen molar-refractivity contribution in [1.82, 2.24) is 24.5 Å². The Morgan fingerprint density at radius 3 is 2.81 bits per heavy atom. The van der Waals surface area contributed by atoms with E-state index in [9.17, 15) is 4.79 Å². The van der Waals surface area contributed by atoms with Crippen molar-refractivity contribution < 1.29 is 9.90 Å². The largest absolute Gasteiger partial charge is 0.481 e. The average molecular weight is 309 g/mol. The van der Waals surface area contributed by atoms with E-state index in [0.717, 1.165) is 25.3 Å². The topological polar surface area (TPSA) is 85.8 Å². The van der Waals surface area contributed by atoms with Gasteiger partial charge in [0.2, 0.25) is 0 Å². The number of hydrogen-bond acceptors (Lipinski definition) is 5. The Morgan fingerprint density at radius 2 is 2.19 bits per heavy atom. The Labute approximate surface area is 127 Å². The Kier molecular flexibility index (Phi) is 5.38. The van der Waals surface area contributed by atoms with E-state index >= 15 is 0 Å². The highest BCUT2D eigenvalue weighted by Gasteiger charge is 2.16. The zero-order valence-corrected chi connectivity index (χ0v) is 13.0. The molecule has 0 amide bonds. The van der Waals surface area contributed by atoms with Crippen molar-refractivity contribution in [3.05, 3.63) is 24.3 Å². The molecule has 1 N–H and O–H groups in total. The van der Waals surface area contributed by atoms with Gasteiger partial charge in [-0.05, 0) is 12.5 Å². The maximum absolute atomic E-state index is 10.7. The lowest BCUT2D eigenvalue weighted by molar-refractivity contribution is -0.133. The number of carboxylic acid groups (broad SMARTS) is 1. The van der Waals surface area contributed by atoms with Crippen LogP contribution in [-0.4, -0.2) is 41.4 Å². The van der Waals surface area contributed by atoms with Crippen molar-refractivity contribution in [3.8, 4) is 0 Å². The summed E-state index contributed by atoms with van der Waals surface area (Å²) in [6.07, 6.45) is 4.57. The molecular formula is C13H19N5O2S. The van der Waals surface area contributed by atoms with Gasteiger partial charge in [0.15, 0.2) is 5.16 Å². The van der Waals surface area contributed by atoms with Crippen LogP contribution < -0.4 is 0 Å². The summed E-state index contributed by atoms with van der Waals surface area (Å²) in [6.45, 7) is 5.67. The summed E-state index contributed by atoms with van der Waals surface area (Å²) >= 11 is 1.21. The second-order valence-corrected chi connectivity index (χ2v) is 5.89. The molecule has 2 aromatic heterocycles. The van der Waals surface area contributed by atoms with E-state index in [-0.39, 0.29) is 11.7 Å². The summed E-state index contributed by atoms with van der Waals surface area (Å²) in [5, 5.41) is 21.9. The number of carbonyl (C=O) groups is 1. The van der Waals surface area contributed by atoms with Crippen LogP contribution in [0.3, 0.4) is 0 Å². The lowest BCUT2D eigenvalue weighted by Crippen LogP contribution is -2.10. The lowest BCUT2D eigenvalue weighted by Gasteiger charge is -2.11. The molecule has 0 unspecified atom stereocenters. The van der Waals surface area contributed by atoms with Gasteiger partial charge in [-0.2, -0.15) is 5.10 Å². The van der Waals surface area contributed by atoms with Crippen LogP contribution in [0.25, 0.3) is 0 Å². The van der Waals surface area contributed by atoms with Gasteiger partial charge in [0.1, 0.15) is 5.82 Å². The third-order valence-electron chi connectivity index (χ3n) is 2.91. The summed E-state index contributed by atoms with van der Waals surface area (Å²) in [4.78, 5) is 10.7. The second kappa shape index (κ2) is 7.26. The zero-order chi connectivity index (χ0) is 15.2. The molecule has 0 aliphatic carbocycles. The minimum Gasteiger partial charge on any atom is -0.481 e. The summed E-state index contributed by atoms with van der Waals surface area (Å²) in [6, 6.07) is 1.90. The molecule has 114 valence electrons. The van der Waals surface area contributed by atoms with Crippen LogP contribution in [0.15, 0.2) is 23.6 Å². The number of rotatable bonds is 8. The molecule has 0 fully saturated rings. The SMILES string of the molecule is CC(C)c1nnc(SCC(=O)O)n1CCCn1cccn1. The first-order valence-corrected chi connectivity index (χ1v) is 7.81. The first-order chi connectivity index (χ1) is 10.1. The maximum Gasteiger partial charge on any atom is 0.313 e. The van der Waals surface area contributed by atoms with Crippen molar-refractivity contribution in [2.75, 3.05) is 5.75 Å². The van der Waals surface area contributed by atoms with Crippen molar-refractivity contribution >= 4 is 17.7 Å². The van der Waals surface area contributed by atoms with E-state index in [1.54, 1.807) is 6.20 Å². The highest BCUT2D eigenvalue weighted by molar-refractivity contribution is 7.99. The fourth-order valence-electron chi connectivity index (χ4n) is 1.99. The standard InChI is InChI=1S/C13H19N5O2S/c1-10(2)12-15-16-13(21-9-11(19)20)18(12)8-4-7-17-6-3-5-14-17/h3,5-6,10H,4,7-9H2,1-2H3,(H,19,20). The fraction of sp³-hybridized carbons (Fsp3) is 0.538. The van der Waals surface area contributed by atoms with E-state index in [2.05, 4.69) is 29.1 Å². The molecule has 2 heterocycles. The predicted molar refractivity (Wildman–Crippen MR) is 79.3 cm³/mol. The van der Waals surface area contributed by atoms with E-state index < -0.39 is 5.97 Å². The molecule has 2 aromatic rings. The second-order valence-electron chi connectivity index (χ2n) is 4.95. The number of aryl methyl sites for hydroxylation is 1. The molecule has 0 aliphatic rings. The van der Waals surface area contributed by atoms with Gasteiger partial charge in [-0.1, -0.05) is 25.6 Å². The summed E-state index contributed by atoms with van der Waals surface area (Å²) in [7, 11) is 0. The van der Waals surface area contributed by atoms with Crippen molar-refractivity contribution in [1.29, 1.82) is 0 Å². The summed E-state index contributed by atoms with van der Waals surface area (Å²) in [5.41, 5.74) is 0. The van der Waals surface area contributed by atoms with Crippen LogP contribution in [0.4, 0.5) is 0 Å². The highest BCUT2D eigenvalue weighted by Crippen LogP contribution is 2.21. The molecular weight excluding hydrogens is 290 g/mol. The van der Waals surface area contributed by atoms with Crippen molar-refractivity contribution in [2.45, 2.75) is 44.4 Å². The monoisotopic (exact) mass is 309 g/mol. The molecule has 8 heteroatoms. The number of thioether (sulfide) groups is 1. The van der Waals surface area contributed by atoms with E-state index in [0.29, 0.717) is 5.16 Å². The van der Waals surface area contributed by atoms with Gasteiger partial charge in [-0.25, -0.2) is 0 Å². The van der Waals surface area contributed by atoms with Gasteiger partial charge in [-0.15, -0.1) is 10.2 Å². The maximum atomic E-state index is 10.7. The minimum atomic E-state index is -0.850. The fourth-order valence-corrected chi connectivity index (χ4v) is 2.69. The van der Waals surface area contributed by atoms with Crippen LogP contribution in [0.1, 0.15) is 32.0 Å². The van der Waals surface area contributed by atoms with Gasteiger partial charge < -0.3 is 9.67 Å². The quantitative estimate of drug-likeness (QED) is 0.749. The summed E-state index contributed by atoms with van der Waals surface area (Å²) in [5.74, 6) is 0.289. The third kappa shape index (κ3) is 4.32. The normalized spacial score (nSPS) is 11.2. The van der Waals surface area contributed by atoms with Gasteiger partial charge in [0.05, 0.1) is 5.75 Å². The molecule has 0 saturated heterocycles. The van der Waals surface area contributed by atoms with Gasteiger partial charge in [0, 0.05) is 31.4 Å².